The molecule has 32 heavy (non-hydrogen) atoms. The number of hydrazone groups is 1. The molecule has 0 radical (unpaired) electrons. The lowest BCUT2D eigenvalue weighted by Crippen LogP contribution is -2.40. The zero-order valence-corrected chi connectivity index (χ0v) is 18.7. The van der Waals surface area contributed by atoms with Crippen LogP contribution < -0.4 is 14.9 Å². The van der Waals surface area contributed by atoms with Gasteiger partial charge in [0.25, 0.3) is 5.69 Å². The molecule has 2 aromatic rings. The molecule has 1 aliphatic rings. The zero-order valence-electron chi connectivity index (χ0n) is 17.9. The van der Waals surface area contributed by atoms with Crippen molar-refractivity contribution < 1.29 is 27.6 Å². The van der Waals surface area contributed by atoms with Gasteiger partial charge in [0.2, 0.25) is 10.0 Å². The number of sulfonamides is 1. The van der Waals surface area contributed by atoms with Crippen molar-refractivity contribution in [1.29, 1.82) is 0 Å². The summed E-state index contributed by atoms with van der Waals surface area (Å²) in [6.07, 6.45) is 0. The van der Waals surface area contributed by atoms with Crippen LogP contribution in [0.2, 0.25) is 0 Å². The molecule has 2 aromatic carbocycles. The summed E-state index contributed by atoms with van der Waals surface area (Å²) in [6.45, 7) is 2.66. The number of nitrogens with zero attached hydrogens (tertiary/aromatic N) is 3. The third-order valence-electron chi connectivity index (χ3n) is 4.91. The lowest BCUT2D eigenvalue weighted by molar-refractivity contribution is -0.384. The van der Waals surface area contributed by atoms with Gasteiger partial charge in [-0.2, -0.15) is 9.41 Å². The molecular weight excluding hydrogens is 440 g/mol. The van der Waals surface area contributed by atoms with Crippen LogP contribution in [-0.4, -0.2) is 63.9 Å². The van der Waals surface area contributed by atoms with E-state index in [0.29, 0.717) is 22.8 Å². The van der Waals surface area contributed by atoms with Crippen LogP contribution in [-0.2, 0) is 14.8 Å². The predicted octanol–water partition coefficient (Wildman–Crippen LogP) is 2.47. The molecule has 0 atom stereocenters. The van der Waals surface area contributed by atoms with Crippen LogP contribution in [0.4, 0.5) is 11.4 Å². The fourth-order valence-electron chi connectivity index (χ4n) is 3.15. The molecule has 0 unspecified atom stereocenters. The molecule has 0 amide bonds. The van der Waals surface area contributed by atoms with Gasteiger partial charge in [-0.3, -0.25) is 15.5 Å². The van der Waals surface area contributed by atoms with E-state index in [9.17, 15) is 18.5 Å². The normalized spacial score (nSPS) is 15.3. The Morgan fingerprint density at radius 2 is 1.88 bits per heavy atom. The second-order valence-electron chi connectivity index (χ2n) is 6.83. The maximum atomic E-state index is 12.8. The highest BCUT2D eigenvalue weighted by molar-refractivity contribution is 7.89. The van der Waals surface area contributed by atoms with Crippen molar-refractivity contribution in [3.05, 3.63) is 52.1 Å². The number of nitro benzene ring substituents is 1. The lowest BCUT2D eigenvalue weighted by Gasteiger charge is -2.26. The fourth-order valence-corrected chi connectivity index (χ4v) is 4.58. The largest absolute Gasteiger partial charge is 0.497 e. The quantitative estimate of drug-likeness (QED) is 0.358. The van der Waals surface area contributed by atoms with Crippen LogP contribution in [0.1, 0.15) is 12.5 Å². The number of ether oxygens (including phenoxy) is 3. The van der Waals surface area contributed by atoms with E-state index in [-0.39, 0.29) is 36.9 Å². The average Bonchev–Trinajstić information content (AvgIpc) is 2.82. The molecule has 1 N–H and O–H groups in total. The van der Waals surface area contributed by atoms with Crippen molar-refractivity contribution in [1.82, 2.24) is 4.31 Å². The number of nitrogens with one attached hydrogen (secondary N) is 1. The number of methoxy groups -OCH3 is 2. The highest BCUT2D eigenvalue weighted by atomic mass is 32.2. The molecule has 172 valence electrons. The smallest absolute Gasteiger partial charge is 0.295 e. The van der Waals surface area contributed by atoms with Gasteiger partial charge in [0.15, 0.2) is 0 Å². The van der Waals surface area contributed by atoms with Crippen molar-refractivity contribution in [2.75, 3.05) is 45.9 Å². The molecule has 3 rings (SSSR count). The third-order valence-corrected chi connectivity index (χ3v) is 6.81. The predicted molar refractivity (Wildman–Crippen MR) is 118 cm³/mol. The molecule has 0 saturated carbocycles. The molecule has 1 aliphatic heterocycles. The topological polar surface area (TPSA) is 133 Å². The lowest BCUT2D eigenvalue weighted by atomic mass is 10.1. The first-order valence-corrected chi connectivity index (χ1v) is 11.1. The molecule has 1 saturated heterocycles. The zero-order chi connectivity index (χ0) is 23.3. The summed E-state index contributed by atoms with van der Waals surface area (Å²) in [4.78, 5) is 10.8. The van der Waals surface area contributed by atoms with Crippen LogP contribution >= 0.6 is 0 Å². The number of benzene rings is 2. The van der Waals surface area contributed by atoms with E-state index >= 15 is 0 Å². The second-order valence-corrected chi connectivity index (χ2v) is 8.77. The summed E-state index contributed by atoms with van der Waals surface area (Å²) in [6, 6.07) is 8.86. The van der Waals surface area contributed by atoms with Gasteiger partial charge in [0, 0.05) is 24.7 Å². The average molecular weight is 465 g/mol. The highest BCUT2D eigenvalue weighted by Gasteiger charge is 2.29. The van der Waals surface area contributed by atoms with Crippen LogP contribution in [0.25, 0.3) is 0 Å². The van der Waals surface area contributed by atoms with Crippen LogP contribution in [0, 0.1) is 10.1 Å². The van der Waals surface area contributed by atoms with Gasteiger partial charge in [-0.05, 0) is 37.3 Å². The number of anilines is 1. The van der Waals surface area contributed by atoms with E-state index in [4.69, 9.17) is 14.2 Å². The monoisotopic (exact) mass is 464 g/mol. The van der Waals surface area contributed by atoms with Gasteiger partial charge < -0.3 is 14.2 Å². The molecule has 0 aliphatic carbocycles. The SMILES string of the molecule is COc1ccc(OC)c(/C(C)=N\Nc2ccc(S(=O)(=O)N3CCOCC3)cc2[N+](=O)[O-])c1. The van der Waals surface area contributed by atoms with Crippen molar-refractivity contribution in [2.45, 2.75) is 11.8 Å². The number of rotatable bonds is 8. The van der Waals surface area contributed by atoms with E-state index in [1.807, 2.05) is 0 Å². The number of morpholine rings is 1. The summed E-state index contributed by atoms with van der Waals surface area (Å²) in [5.41, 5.74) is 3.42. The van der Waals surface area contributed by atoms with E-state index < -0.39 is 20.6 Å². The molecule has 0 spiro atoms. The minimum atomic E-state index is -3.87. The first-order valence-electron chi connectivity index (χ1n) is 9.67. The van der Waals surface area contributed by atoms with Crippen molar-refractivity contribution in [3.63, 3.8) is 0 Å². The Hall–Kier alpha value is -3.22. The van der Waals surface area contributed by atoms with E-state index in [0.717, 1.165) is 6.07 Å². The molecule has 12 heteroatoms. The maximum Gasteiger partial charge on any atom is 0.295 e. The molecule has 0 bridgehead atoms. The van der Waals surface area contributed by atoms with Crippen LogP contribution in [0.5, 0.6) is 11.5 Å². The Kier molecular flexibility index (Phi) is 7.28. The Labute approximate surface area is 185 Å². The van der Waals surface area contributed by atoms with Crippen LogP contribution in [0.3, 0.4) is 0 Å². The van der Waals surface area contributed by atoms with Gasteiger partial charge in [-0.15, -0.1) is 0 Å². The van der Waals surface area contributed by atoms with E-state index in [1.165, 1.54) is 30.7 Å². The number of hydrogen-bond donors (Lipinski definition) is 1. The van der Waals surface area contributed by atoms with Gasteiger partial charge in [0.05, 0.1) is 43.0 Å². The molecule has 1 heterocycles. The van der Waals surface area contributed by atoms with E-state index in [2.05, 4.69) is 10.5 Å². The van der Waals surface area contributed by atoms with Crippen LogP contribution in [0.15, 0.2) is 46.4 Å². The first-order chi connectivity index (χ1) is 15.3. The van der Waals surface area contributed by atoms with E-state index in [1.54, 1.807) is 25.1 Å². The van der Waals surface area contributed by atoms with Crippen molar-refractivity contribution >= 4 is 27.1 Å². The Morgan fingerprint density at radius 1 is 1.16 bits per heavy atom. The molecular formula is C20H24N4O7S. The van der Waals surface area contributed by atoms with Crippen molar-refractivity contribution in [3.8, 4) is 11.5 Å². The second kappa shape index (κ2) is 9.94. The standard InChI is InChI=1S/C20H24N4O7S/c1-14(17-12-15(29-2)4-7-20(17)30-3)21-22-18-6-5-16(13-19(18)24(25)26)32(27,28)23-8-10-31-11-9-23/h4-7,12-13,22H,8-11H2,1-3H3/b21-14-. The Bertz CT molecular complexity index is 1130. The number of nitro groups is 1. The summed E-state index contributed by atoms with van der Waals surface area (Å²) in [7, 11) is -0.819. The highest BCUT2D eigenvalue weighted by Crippen LogP contribution is 2.30. The first kappa shape index (κ1) is 23.4. The summed E-state index contributed by atoms with van der Waals surface area (Å²) < 4.78 is 42.6. The van der Waals surface area contributed by atoms with Crippen molar-refractivity contribution in [2.24, 2.45) is 5.10 Å². The third kappa shape index (κ3) is 4.98. The Morgan fingerprint density at radius 3 is 2.50 bits per heavy atom. The van der Waals surface area contributed by atoms with Gasteiger partial charge in [0.1, 0.15) is 17.2 Å². The van der Waals surface area contributed by atoms with Gasteiger partial charge in [-0.1, -0.05) is 0 Å². The minimum absolute atomic E-state index is 0.0529. The van der Waals surface area contributed by atoms with Gasteiger partial charge >= 0.3 is 0 Å². The van der Waals surface area contributed by atoms with Gasteiger partial charge in [-0.25, -0.2) is 8.42 Å². The fraction of sp³-hybridized carbons (Fsp3) is 0.350. The summed E-state index contributed by atoms with van der Waals surface area (Å²) in [5.74, 6) is 1.15. The summed E-state index contributed by atoms with van der Waals surface area (Å²) in [5, 5.41) is 15.9. The molecule has 1 fully saturated rings. The Balaban J connectivity index is 1.91. The number of hydrogen-bond acceptors (Lipinski definition) is 9. The molecule has 0 aromatic heterocycles. The maximum absolute atomic E-state index is 12.8. The summed E-state index contributed by atoms with van der Waals surface area (Å²) >= 11 is 0. The molecule has 11 nitrogen and oxygen atoms in total. The minimum Gasteiger partial charge on any atom is -0.497 e.